The van der Waals surface area contributed by atoms with Gasteiger partial charge in [0.25, 0.3) is 5.69 Å². The van der Waals surface area contributed by atoms with Crippen molar-refractivity contribution in [2.24, 2.45) is 5.14 Å². The van der Waals surface area contributed by atoms with Gasteiger partial charge < -0.3 is 10.1 Å². The van der Waals surface area contributed by atoms with Crippen LogP contribution in [0, 0.1) is 10.1 Å². The van der Waals surface area contributed by atoms with Gasteiger partial charge in [0.2, 0.25) is 10.0 Å². The Labute approximate surface area is 134 Å². The summed E-state index contributed by atoms with van der Waals surface area (Å²) in [4.78, 5) is 12.5. The molecular weight excluding hydrogens is 324 g/mol. The van der Waals surface area contributed by atoms with Crippen LogP contribution in [-0.2, 0) is 14.8 Å². The molecule has 3 N–H and O–H groups in total. The van der Waals surface area contributed by atoms with E-state index in [-0.39, 0.29) is 16.3 Å². The van der Waals surface area contributed by atoms with E-state index in [4.69, 9.17) is 9.88 Å². The molecule has 1 saturated heterocycles. The lowest BCUT2D eigenvalue weighted by molar-refractivity contribution is -0.384. The van der Waals surface area contributed by atoms with Crippen molar-refractivity contribution < 1.29 is 18.1 Å². The van der Waals surface area contributed by atoms with E-state index < -0.39 is 14.9 Å². The fourth-order valence-electron chi connectivity index (χ4n) is 2.34. The molecule has 0 amide bonds. The largest absolute Gasteiger partial charge is 0.379 e. The molecule has 10 heteroatoms. The van der Waals surface area contributed by atoms with Crippen LogP contribution >= 0.6 is 0 Å². The lowest BCUT2D eigenvalue weighted by Crippen LogP contribution is -2.37. The van der Waals surface area contributed by atoms with Crippen LogP contribution in [0.5, 0.6) is 0 Å². The Balaban J connectivity index is 1.95. The molecule has 0 atom stereocenters. The van der Waals surface area contributed by atoms with Crippen LogP contribution in [0.1, 0.15) is 6.42 Å². The summed E-state index contributed by atoms with van der Waals surface area (Å²) in [6.07, 6.45) is 0.814. The standard InChI is InChI=1S/C13H20N4O5S/c14-23(20,21)11-2-3-12(13(10-11)17(18)19)15-4-1-5-16-6-8-22-9-7-16/h2-3,10,15H,1,4-9H2,(H2,14,20,21). The summed E-state index contributed by atoms with van der Waals surface area (Å²) in [6, 6.07) is 3.60. The first-order chi connectivity index (χ1) is 10.9. The van der Waals surface area contributed by atoms with Crippen LogP contribution in [-0.4, -0.2) is 57.6 Å². The molecule has 9 nitrogen and oxygen atoms in total. The zero-order valence-corrected chi connectivity index (χ0v) is 13.4. The Hall–Kier alpha value is -1.75. The minimum Gasteiger partial charge on any atom is -0.379 e. The molecule has 1 aromatic rings. The number of nitro groups is 1. The Bertz CT molecular complexity index is 658. The first-order valence-corrected chi connectivity index (χ1v) is 8.78. The maximum absolute atomic E-state index is 11.3. The maximum Gasteiger partial charge on any atom is 0.293 e. The normalized spacial score (nSPS) is 16.2. The molecule has 1 aliphatic heterocycles. The highest BCUT2D eigenvalue weighted by molar-refractivity contribution is 7.89. The number of nitrogens with one attached hydrogen (secondary N) is 1. The topological polar surface area (TPSA) is 128 Å². The molecule has 0 saturated carbocycles. The fraction of sp³-hybridized carbons (Fsp3) is 0.538. The van der Waals surface area contributed by atoms with E-state index in [1.165, 1.54) is 12.1 Å². The van der Waals surface area contributed by atoms with Gasteiger partial charge in [-0.3, -0.25) is 15.0 Å². The Morgan fingerprint density at radius 3 is 2.65 bits per heavy atom. The van der Waals surface area contributed by atoms with Crippen molar-refractivity contribution in [3.63, 3.8) is 0 Å². The molecular formula is C13H20N4O5S. The van der Waals surface area contributed by atoms with E-state index in [1.54, 1.807) is 0 Å². The van der Waals surface area contributed by atoms with Crippen molar-refractivity contribution in [3.05, 3.63) is 28.3 Å². The third-order valence-corrected chi connectivity index (χ3v) is 4.48. The Morgan fingerprint density at radius 1 is 1.35 bits per heavy atom. The highest BCUT2D eigenvalue weighted by Crippen LogP contribution is 2.27. The van der Waals surface area contributed by atoms with Crippen LogP contribution < -0.4 is 10.5 Å². The van der Waals surface area contributed by atoms with E-state index in [1.807, 2.05) is 0 Å². The van der Waals surface area contributed by atoms with Crippen LogP contribution in [0.15, 0.2) is 23.1 Å². The van der Waals surface area contributed by atoms with Gasteiger partial charge in [-0.1, -0.05) is 0 Å². The third-order valence-electron chi connectivity index (χ3n) is 3.56. The number of benzene rings is 1. The van der Waals surface area contributed by atoms with Crippen molar-refractivity contribution in [3.8, 4) is 0 Å². The van der Waals surface area contributed by atoms with Crippen molar-refractivity contribution >= 4 is 21.4 Å². The minimum atomic E-state index is -3.97. The predicted molar refractivity (Wildman–Crippen MR) is 84.8 cm³/mol. The molecule has 1 fully saturated rings. The number of nitro benzene ring substituents is 1. The number of morpholine rings is 1. The third kappa shape index (κ3) is 5.13. The molecule has 0 bridgehead atoms. The molecule has 1 heterocycles. The average molecular weight is 344 g/mol. The van der Waals surface area contributed by atoms with Crippen LogP contribution in [0.3, 0.4) is 0 Å². The van der Waals surface area contributed by atoms with E-state index in [0.717, 1.165) is 45.3 Å². The van der Waals surface area contributed by atoms with Gasteiger partial charge in [-0.05, 0) is 25.1 Å². The molecule has 128 valence electrons. The van der Waals surface area contributed by atoms with Gasteiger partial charge in [-0.15, -0.1) is 0 Å². The lowest BCUT2D eigenvalue weighted by atomic mass is 10.2. The van der Waals surface area contributed by atoms with Crippen molar-refractivity contribution in [1.82, 2.24) is 4.90 Å². The van der Waals surface area contributed by atoms with Gasteiger partial charge >= 0.3 is 0 Å². The molecule has 23 heavy (non-hydrogen) atoms. The lowest BCUT2D eigenvalue weighted by Gasteiger charge is -2.26. The van der Waals surface area contributed by atoms with Crippen LogP contribution in [0.4, 0.5) is 11.4 Å². The highest BCUT2D eigenvalue weighted by atomic mass is 32.2. The number of rotatable bonds is 7. The van der Waals surface area contributed by atoms with Gasteiger partial charge in [-0.25, -0.2) is 13.6 Å². The highest BCUT2D eigenvalue weighted by Gasteiger charge is 2.19. The van der Waals surface area contributed by atoms with E-state index in [2.05, 4.69) is 10.2 Å². The number of anilines is 1. The van der Waals surface area contributed by atoms with E-state index in [9.17, 15) is 18.5 Å². The summed E-state index contributed by atoms with van der Waals surface area (Å²) in [6.45, 7) is 4.67. The summed E-state index contributed by atoms with van der Waals surface area (Å²) >= 11 is 0. The first kappa shape index (κ1) is 17.6. The average Bonchev–Trinajstić information content (AvgIpc) is 2.51. The monoisotopic (exact) mass is 344 g/mol. The van der Waals surface area contributed by atoms with Gasteiger partial charge in [-0.2, -0.15) is 0 Å². The number of hydrogen-bond donors (Lipinski definition) is 2. The van der Waals surface area contributed by atoms with Crippen LogP contribution in [0.2, 0.25) is 0 Å². The number of hydrogen-bond acceptors (Lipinski definition) is 7. The van der Waals surface area contributed by atoms with Gasteiger partial charge in [0.1, 0.15) is 5.69 Å². The second-order valence-corrected chi connectivity index (χ2v) is 6.78. The summed E-state index contributed by atoms with van der Waals surface area (Å²) in [5, 5.41) is 19.1. The SMILES string of the molecule is NS(=O)(=O)c1ccc(NCCCN2CCOCC2)c([N+](=O)[O-])c1. The second-order valence-electron chi connectivity index (χ2n) is 5.22. The summed E-state index contributed by atoms with van der Waals surface area (Å²) in [7, 11) is -3.97. The number of nitrogens with zero attached hydrogens (tertiary/aromatic N) is 2. The van der Waals surface area contributed by atoms with E-state index >= 15 is 0 Å². The first-order valence-electron chi connectivity index (χ1n) is 7.23. The zero-order chi connectivity index (χ0) is 16.9. The number of ether oxygens (including phenoxy) is 1. The molecule has 1 aromatic carbocycles. The second kappa shape index (κ2) is 7.68. The van der Waals surface area contributed by atoms with E-state index in [0.29, 0.717) is 6.54 Å². The number of primary sulfonamides is 1. The maximum atomic E-state index is 11.3. The summed E-state index contributed by atoms with van der Waals surface area (Å²) in [5.74, 6) is 0. The number of sulfonamides is 1. The van der Waals surface area contributed by atoms with Gasteiger partial charge in [0.05, 0.1) is 23.0 Å². The van der Waals surface area contributed by atoms with Crippen molar-refractivity contribution in [1.29, 1.82) is 0 Å². The molecule has 1 aliphatic rings. The quantitative estimate of drug-likeness (QED) is 0.415. The van der Waals surface area contributed by atoms with Gasteiger partial charge in [0.15, 0.2) is 0 Å². The van der Waals surface area contributed by atoms with Crippen LogP contribution in [0.25, 0.3) is 0 Å². The molecule has 0 radical (unpaired) electrons. The summed E-state index contributed by atoms with van der Waals surface area (Å²) in [5.41, 5.74) is -0.0210. The predicted octanol–water partition coefficient (Wildman–Crippen LogP) is 0.376. The zero-order valence-electron chi connectivity index (χ0n) is 12.6. The fourth-order valence-corrected chi connectivity index (χ4v) is 2.87. The minimum absolute atomic E-state index is 0.275. The summed E-state index contributed by atoms with van der Waals surface area (Å²) < 4.78 is 27.8. The molecule has 0 aromatic heterocycles. The molecule has 0 spiro atoms. The van der Waals surface area contributed by atoms with Gasteiger partial charge in [0, 0.05) is 25.7 Å². The Kier molecular flexibility index (Phi) is 5.88. The molecule has 2 rings (SSSR count). The molecule has 0 aliphatic carbocycles. The number of nitrogens with two attached hydrogens (primary N) is 1. The Morgan fingerprint density at radius 2 is 2.04 bits per heavy atom. The molecule has 0 unspecified atom stereocenters. The smallest absolute Gasteiger partial charge is 0.293 e. The van der Waals surface area contributed by atoms with Crippen molar-refractivity contribution in [2.45, 2.75) is 11.3 Å². The van der Waals surface area contributed by atoms with Crippen molar-refractivity contribution in [2.75, 3.05) is 44.7 Å².